The van der Waals surface area contributed by atoms with Gasteiger partial charge >= 0.3 is 5.97 Å². The van der Waals surface area contributed by atoms with Crippen molar-refractivity contribution in [1.82, 2.24) is 0 Å². The Morgan fingerprint density at radius 1 is 0.650 bits per heavy atom. The number of esters is 1. The van der Waals surface area contributed by atoms with E-state index >= 15 is 0 Å². The van der Waals surface area contributed by atoms with Crippen LogP contribution >= 0.6 is 0 Å². The summed E-state index contributed by atoms with van der Waals surface area (Å²) in [7, 11) is 0. The lowest BCUT2D eigenvalue weighted by Gasteiger charge is -2.11. The van der Waals surface area contributed by atoms with Gasteiger partial charge in [0.2, 0.25) is 5.82 Å². The largest absolute Gasteiger partial charge is 0.494 e. The number of rotatable bonds is 12. The van der Waals surface area contributed by atoms with Crippen molar-refractivity contribution in [1.29, 1.82) is 0 Å². The van der Waals surface area contributed by atoms with Gasteiger partial charge in [-0.25, -0.2) is 13.6 Å². The van der Waals surface area contributed by atoms with Crippen LogP contribution in [0, 0.1) is 17.5 Å². The number of hydrogen-bond acceptors (Lipinski definition) is 4. The average molecular weight is 549 g/mol. The highest BCUT2D eigenvalue weighted by atomic mass is 19.2. The van der Waals surface area contributed by atoms with Crippen LogP contribution in [0.4, 0.5) is 13.2 Å². The number of halogens is 3. The van der Waals surface area contributed by atoms with E-state index in [2.05, 4.69) is 6.92 Å². The third-order valence-electron chi connectivity index (χ3n) is 6.32. The topological polar surface area (TPSA) is 44.8 Å². The van der Waals surface area contributed by atoms with Crippen molar-refractivity contribution in [3.8, 4) is 39.5 Å². The minimum atomic E-state index is -1.27. The maximum atomic E-state index is 14.9. The quantitative estimate of drug-likeness (QED) is 0.101. The molecule has 0 bridgehead atoms. The lowest BCUT2D eigenvalue weighted by Crippen LogP contribution is -2.10. The highest BCUT2D eigenvalue weighted by Gasteiger charge is 2.19. The van der Waals surface area contributed by atoms with Gasteiger partial charge in [0.25, 0.3) is 0 Å². The summed E-state index contributed by atoms with van der Waals surface area (Å²) >= 11 is 0. The third-order valence-corrected chi connectivity index (χ3v) is 6.32. The predicted octanol–water partition coefficient (Wildman–Crippen LogP) is 9.01. The van der Waals surface area contributed by atoms with Crippen molar-refractivity contribution in [2.24, 2.45) is 0 Å². The molecule has 0 fully saturated rings. The normalized spacial score (nSPS) is 10.8. The minimum absolute atomic E-state index is 0.0329. The molecule has 7 heteroatoms. The molecule has 4 nitrogen and oxygen atoms in total. The summed E-state index contributed by atoms with van der Waals surface area (Å²) in [6, 6.07) is 19.9. The van der Waals surface area contributed by atoms with E-state index in [0.717, 1.165) is 25.7 Å². The zero-order chi connectivity index (χ0) is 28.5. The molecule has 0 amide bonds. The Kier molecular flexibility index (Phi) is 9.84. The summed E-state index contributed by atoms with van der Waals surface area (Å²) in [6.07, 6.45) is 3.79. The van der Waals surface area contributed by atoms with Gasteiger partial charge in [0, 0.05) is 17.2 Å². The van der Waals surface area contributed by atoms with Crippen LogP contribution in [-0.4, -0.2) is 19.2 Å². The molecular formula is C33H31F3O4. The van der Waals surface area contributed by atoms with Crippen LogP contribution in [0.15, 0.2) is 78.9 Å². The van der Waals surface area contributed by atoms with E-state index in [0.29, 0.717) is 41.4 Å². The molecular weight excluding hydrogens is 517 g/mol. The molecule has 0 radical (unpaired) electrons. The number of carbonyl (C=O) groups is 1. The number of unbranched alkanes of at least 4 members (excludes halogenated alkanes) is 2. The molecule has 0 spiro atoms. The molecule has 0 heterocycles. The van der Waals surface area contributed by atoms with Crippen molar-refractivity contribution < 1.29 is 32.2 Å². The van der Waals surface area contributed by atoms with Crippen LogP contribution in [0.1, 0.15) is 49.9 Å². The molecule has 208 valence electrons. The Hall–Kier alpha value is -4.26. The van der Waals surface area contributed by atoms with Crippen molar-refractivity contribution in [3.05, 3.63) is 102 Å². The van der Waals surface area contributed by atoms with Crippen LogP contribution in [0.5, 0.6) is 17.2 Å². The summed E-state index contributed by atoms with van der Waals surface area (Å²) in [5.41, 5.74) is 1.47. The van der Waals surface area contributed by atoms with Gasteiger partial charge in [-0.1, -0.05) is 51.0 Å². The van der Waals surface area contributed by atoms with Crippen molar-refractivity contribution in [2.75, 3.05) is 13.2 Å². The van der Waals surface area contributed by atoms with Gasteiger partial charge in [-0.05, 0) is 72.5 Å². The van der Waals surface area contributed by atoms with Crippen LogP contribution < -0.4 is 14.2 Å². The second kappa shape index (κ2) is 13.7. The van der Waals surface area contributed by atoms with Crippen LogP contribution in [0.2, 0.25) is 0 Å². The van der Waals surface area contributed by atoms with Gasteiger partial charge in [0.05, 0.1) is 18.8 Å². The SMILES string of the molecule is CCCCOc1ccc(-c2ccc(OC(=O)c3ccc(-c4ccc(OCCCC)cc4F)cc3)c(F)c2F)cc1. The van der Waals surface area contributed by atoms with Crippen molar-refractivity contribution in [2.45, 2.75) is 39.5 Å². The molecule has 0 aliphatic heterocycles. The maximum Gasteiger partial charge on any atom is 0.343 e. The van der Waals surface area contributed by atoms with E-state index in [1.807, 2.05) is 6.92 Å². The van der Waals surface area contributed by atoms with Crippen molar-refractivity contribution in [3.63, 3.8) is 0 Å². The Bertz CT molecular complexity index is 1430. The molecule has 4 rings (SSSR count). The smallest absolute Gasteiger partial charge is 0.343 e. The van der Waals surface area contributed by atoms with E-state index < -0.39 is 29.2 Å². The molecule has 40 heavy (non-hydrogen) atoms. The van der Waals surface area contributed by atoms with Crippen molar-refractivity contribution >= 4 is 5.97 Å². The summed E-state index contributed by atoms with van der Waals surface area (Å²) in [4.78, 5) is 12.6. The Labute approximate surface area is 232 Å². The standard InChI is InChI=1S/C33H31F3O4/c1-3-5-19-38-25-13-11-23(12-14-25)28-17-18-30(32(36)31(28)35)40-33(37)24-9-7-22(8-10-24)27-16-15-26(21-29(27)34)39-20-6-4-2/h7-18,21H,3-6,19-20H2,1-2H3. The zero-order valence-electron chi connectivity index (χ0n) is 22.5. The van der Waals surface area contributed by atoms with Gasteiger partial charge in [0.15, 0.2) is 11.6 Å². The Balaban J connectivity index is 1.43. The van der Waals surface area contributed by atoms with Crippen LogP contribution in [0.3, 0.4) is 0 Å². The lowest BCUT2D eigenvalue weighted by atomic mass is 10.0. The molecule has 0 aliphatic carbocycles. The summed E-state index contributed by atoms with van der Waals surface area (Å²) in [5, 5.41) is 0. The van der Waals surface area contributed by atoms with Gasteiger partial charge in [0.1, 0.15) is 17.3 Å². The number of carbonyl (C=O) groups excluding carboxylic acids is 1. The highest BCUT2D eigenvalue weighted by Crippen LogP contribution is 2.32. The lowest BCUT2D eigenvalue weighted by molar-refractivity contribution is 0.0726. The monoisotopic (exact) mass is 548 g/mol. The molecule has 4 aromatic rings. The fraction of sp³-hybridized carbons (Fsp3) is 0.242. The molecule has 0 N–H and O–H groups in total. The molecule has 0 aliphatic rings. The van der Waals surface area contributed by atoms with Gasteiger partial charge in [-0.15, -0.1) is 0 Å². The van der Waals surface area contributed by atoms with Gasteiger partial charge < -0.3 is 14.2 Å². The zero-order valence-corrected chi connectivity index (χ0v) is 22.5. The fourth-order valence-corrected chi connectivity index (χ4v) is 4.00. The summed E-state index contributed by atoms with van der Waals surface area (Å²) < 4.78 is 60.7. The van der Waals surface area contributed by atoms with E-state index in [9.17, 15) is 18.0 Å². The van der Waals surface area contributed by atoms with Gasteiger partial charge in [-0.3, -0.25) is 0 Å². The average Bonchev–Trinajstić information content (AvgIpc) is 2.96. The molecule has 4 aromatic carbocycles. The first-order valence-corrected chi connectivity index (χ1v) is 13.4. The first-order valence-electron chi connectivity index (χ1n) is 13.4. The third kappa shape index (κ3) is 7.03. The molecule has 0 saturated carbocycles. The maximum absolute atomic E-state index is 14.9. The van der Waals surface area contributed by atoms with E-state index in [1.165, 1.54) is 30.3 Å². The first-order chi connectivity index (χ1) is 19.4. The molecule has 0 saturated heterocycles. The summed E-state index contributed by atoms with van der Waals surface area (Å²) in [6.45, 7) is 5.21. The second-order valence-electron chi connectivity index (χ2n) is 9.28. The fourth-order valence-electron chi connectivity index (χ4n) is 4.00. The van der Waals surface area contributed by atoms with Gasteiger partial charge in [-0.2, -0.15) is 4.39 Å². The van der Waals surface area contributed by atoms with Crippen LogP contribution in [-0.2, 0) is 0 Å². The molecule has 0 unspecified atom stereocenters. The highest BCUT2D eigenvalue weighted by molar-refractivity contribution is 5.91. The molecule has 0 atom stereocenters. The number of benzene rings is 4. The predicted molar refractivity (Wildman–Crippen MR) is 149 cm³/mol. The number of ether oxygens (including phenoxy) is 3. The Morgan fingerprint density at radius 3 is 1.82 bits per heavy atom. The van der Waals surface area contributed by atoms with E-state index in [-0.39, 0.29) is 11.1 Å². The van der Waals surface area contributed by atoms with E-state index in [4.69, 9.17) is 14.2 Å². The second-order valence-corrected chi connectivity index (χ2v) is 9.28. The molecule has 0 aromatic heterocycles. The van der Waals surface area contributed by atoms with Crippen LogP contribution in [0.25, 0.3) is 22.3 Å². The van der Waals surface area contributed by atoms with E-state index in [1.54, 1.807) is 48.5 Å². The Morgan fingerprint density at radius 2 is 1.20 bits per heavy atom. The first kappa shape index (κ1) is 28.7. The number of hydrogen-bond donors (Lipinski definition) is 0. The summed E-state index contributed by atoms with van der Waals surface area (Å²) in [5.74, 6) is -3.16. The minimum Gasteiger partial charge on any atom is -0.494 e.